The van der Waals surface area contributed by atoms with Crippen LogP contribution in [0.25, 0.3) is 11.1 Å². The molecule has 4 N–H and O–H groups in total. The Morgan fingerprint density at radius 1 is 0.533 bits per heavy atom. The van der Waals surface area contributed by atoms with E-state index in [9.17, 15) is 26.3 Å². The van der Waals surface area contributed by atoms with Crippen LogP contribution in [0.3, 0.4) is 0 Å². The summed E-state index contributed by atoms with van der Waals surface area (Å²) in [4.78, 5) is 0. The summed E-state index contributed by atoms with van der Waals surface area (Å²) in [5.41, 5.74) is -9.04. The highest BCUT2D eigenvalue weighted by Gasteiger charge is 2.45. The number of benzene rings is 2. The molecule has 0 amide bonds. The summed E-state index contributed by atoms with van der Waals surface area (Å²) in [7, 11) is -11.7. The van der Waals surface area contributed by atoms with Crippen LogP contribution in [0, 0.1) is 0 Å². The third-order valence-corrected chi connectivity index (χ3v) is 3.82. The lowest BCUT2D eigenvalue weighted by atomic mass is 10.1. The van der Waals surface area contributed by atoms with Crippen molar-refractivity contribution in [1.29, 1.82) is 0 Å². The zero-order valence-corrected chi connectivity index (χ0v) is 15.8. The molecule has 170 valence electrons. The average molecular weight is 486 g/mol. The van der Waals surface area contributed by atoms with Crippen molar-refractivity contribution in [1.82, 2.24) is 0 Å². The van der Waals surface area contributed by atoms with Gasteiger partial charge < -0.3 is 10.2 Å². The van der Waals surface area contributed by atoms with Crippen LogP contribution in [-0.4, -0.2) is 47.2 Å². The first-order valence-electron chi connectivity index (χ1n) is 6.91. The molecule has 0 heterocycles. The number of halogens is 6. The zero-order chi connectivity index (χ0) is 24.0. The highest BCUT2D eigenvalue weighted by Crippen LogP contribution is 2.23. The van der Waals surface area contributed by atoms with E-state index in [2.05, 4.69) is 0 Å². The maximum atomic E-state index is 10.7. The van der Waals surface area contributed by atoms with Gasteiger partial charge in [0.15, 0.2) is 0 Å². The molecular formula is C14H12F6O8S2. The molecule has 0 aliphatic rings. The smallest absolute Gasteiger partial charge is 0.508 e. The molecule has 2 aromatic carbocycles. The third-order valence-electron chi connectivity index (χ3n) is 2.65. The number of alkyl halides is 6. The van der Waals surface area contributed by atoms with Gasteiger partial charge in [0.25, 0.3) is 0 Å². The van der Waals surface area contributed by atoms with Crippen LogP contribution in [0.15, 0.2) is 48.5 Å². The van der Waals surface area contributed by atoms with Crippen LogP contribution in [0.4, 0.5) is 26.3 Å². The average Bonchev–Trinajstić information content (AvgIpc) is 2.54. The molecule has 0 aliphatic heterocycles. The van der Waals surface area contributed by atoms with E-state index >= 15 is 0 Å². The Hall–Kier alpha value is -2.56. The summed E-state index contributed by atoms with van der Waals surface area (Å²) >= 11 is 0. The molecule has 0 aromatic heterocycles. The lowest BCUT2D eigenvalue weighted by Gasteiger charge is -2.01. The summed E-state index contributed by atoms with van der Waals surface area (Å²) < 4.78 is 115. The Bertz CT molecular complexity index is 927. The van der Waals surface area contributed by atoms with Gasteiger partial charge in [0.2, 0.25) is 0 Å². The third kappa shape index (κ3) is 9.77. The first-order chi connectivity index (χ1) is 13.3. The fourth-order valence-corrected chi connectivity index (χ4v) is 1.31. The maximum absolute atomic E-state index is 10.7. The van der Waals surface area contributed by atoms with Gasteiger partial charge in [-0.05, 0) is 35.4 Å². The topological polar surface area (TPSA) is 149 Å². The van der Waals surface area contributed by atoms with Crippen LogP contribution in [-0.2, 0) is 20.2 Å². The second-order valence-corrected chi connectivity index (χ2v) is 7.76. The van der Waals surface area contributed by atoms with E-state index in [1.165, 1.54) is 0 Å². The first-order valence-corrected chi connectivity index (χ1v) is 9.79. The van der Waals surface area contributed by atoms with Crippen LogP contribution in [0.1, 0.15) is 0 Å². The molecular weight excluding hydrogens is 474 g/mol. The number of hydrogen-bond acceptors (Lipinski definition) is 6. The van der Waals surface area contributed by atoms with E-state index in [1.54, 1.807) is 24.3 Å². The van der Waals surface area contributed by atoms with E-state index < -0.39 is 31.3 Å². The Morgan fingerprint density at radius 3 is 0.833 bits per heavy atom. The quantitative estimate of drug-likeness (QED) is 0.272. The molecule has 16 heteroatoms. The van der Waals surface area contributed by atoms with Crippen molar-refractivity contribution in [3.05, 3.63) is 48.5 Å². The fourth-order valence-electron chi connectivity index (χ4n) is 1.31. The minimum absolute atomic E-state index is 0.257. The Morgan fingerprint density at radius 2 is 0.700 bits per heavy atom. The molecule has 0 spiro atoms. The van der Waals surface area contributed by atoms with Gasteiger partial charge in [0, 0.05) is 0 Å². The number of aromatic hydroxyl groups is 2. The lowest BCUT2D eigenvalue weighted by Crippen LogP contribution is -2.21. The number of rotatable bonds is 1. The number of phenolic OH excluding ortho intramolecular Hbond substituents is 2. The van der Waals surface area contributed by atoms with Gasteiger partial charge in [-0.15, -0.1) is 0 Å². The lowest BCUT2D eigenvalue weighted by molar-refractivity contribution is -0.0514. The SMILES string of the molecule is O=S(=O)(O)C(F)(F)F.O=S(=O)(O)C(F)(F)F.Oc1ccc(-c2ccc(O)cc2)cc1. The standard InChI is InChI=1S/C12H10O2.2CHF3O3S/c13-11-5-1-9(2-6-11)10-3-7-12(14)8-4-10;2*2-1(3,4)8(5,6)7/h1-8,13-14H;2*(H,5,6,7). The van der Waals surface area contributed by atoms with Gasteiger partial charge in [0.05, 0.1) is 0 Å². The van der Waals surface area contributed by atoms with Gasteiger partial charge in [-0.1, -0.05) is 24.3 Å². The molecule has 0 atom stereocenters. The van der Waals surface area contributed by atoms with Crippen LogP contribution >= 0.6 is 0 Å². The molecule has 0 radical (unpaired) electrons. The summed E-state index contributed by atoms with van der Waals surface area (Å²) in [6, 6.07) is 13.9. The molecule has 0 saturated carbocycles. The molecule has 0 unspecified atom stereocenters. The van der Waals surface area contributed by atoms with E-state index in [-0.39, 0.29) is 11.5 Å². The van der Waals surface area contributed by atoms with Crippen LogP contribution in [0.5, 0.6) is 11.5 Å². The van der Waals surface area contributed by atoms with Crippen molar-refractivity contribution in [2.24, 2.45) is 0 Å². The van der Waals surface area contributed by atoms with Gasteiger partial charge in [-0.25, -0.2) is 0 Å². The summed E-state index contributed by atoms with van der Waals surface area (Å²) in [6.45, 7) is 0. The summed E-state index contributed by atoms with van der Waals surface area (Å²) in [5, 5.41) is 18.2. The predicted molar refractivity (Wildman–Crippen MR) is 90.4 cm³/mol. The van der Waals surface area contributed by atoms with Crippen molar-refractivity contribution >= 4 is 20.2 Å². The minimum Gasteiger partial charge on any atom is -0.508 e. The van der Waals surface area contributed by atoms with E-state index in [0.29, 0.717) is 0 Å². The second kappa shape index (κ2) is 9.96. The van der Waals surface area contributed by atoms with Gasteiger partial charge in [0.1, 0.15) is 11.5 Å². The molecule has 2 aromatic rings. The van der Waals surface area contributed by atoms with Crippen LogP contribution < -0.4 is 0 Å². The zero-order valence-electron chi connectivity index (χ0n) is 14.1. The summed E-state index contributed by atoms with van der Waals surface area (Å²) in [5.74, 6) is 0.514. The van der Waals surface area contributed by atoms with Crippen molar-refractivity contribution in [2.75, 3.05) is 0 Å². The van der Waals surface area contributed by atoms with Crippen molar-refractivity contribution in [2.45, 2.75) is 11.0 Å². The van der Waals surface area contributed by atoms with Gasteiger partial charge in [-0.3, -0.25) is 9.11 Å². The number of phenols is 2. The normalized spacial score (nSPS) is 12.1. The Labute approximate surface area is 165 Å². The molecule has 0 aliphatic carbocycles. The first kappa shape index (κ1) is 27.4. The predicted octanol–water partition coefficient (Wildman–Crippen LogP) is 3.55. The summed E-state index contributed by atoms with van der Waals surface area (Å²) in [6.07, 6.45) is 0. The second-order valence-electron chi connectivity index (χ2n) is 4.94. The molecule has 0 fully saturated rings. The molecule has 0 saturated heterocycles. The maximum Gasteiger partial charge on any atom is 0.522 e. The number of hydrogen-bond donors (Lipinski definition) is 4. The van der Waals surface area contributed by atoms with Gasteiger partial charge >= 0.3 is 31.3 Å². The fraction of sp³-hybridized carbons (Fsp3) is 0.143. The highest BCUT2D eigenvalue weighted by atomic mass is 32.2. The van der Waals surface area contributed by atoms with E-state index in [4.69, 9.17) is 36.2 Å². The van der Waals surface area contributed by atoms with Crippen molar-refractivity contribution < 1.29 is 62.5 Å². The Kier molecular flexibility index (Phi) is 9.11. The molecule has 30 heavy (non-hydrogen) atoms. The Balaban J connectivity index is 0.000000456. The van der Waals surface area contributed by atoms with Crippen molar-refractivity contribution in [3.63, 3.8) is 0 Å². The molecule has 0 bridgehead atoms. The largest absolute Gasteiger partial charge is 0.522 e. The van der Waals surface area contributed by atoms with Crippen LogP contribution in [0.2, 0.25) is 0 Å². The molecule has 8 nitrogen and oxygen atoms in total. The highest BCUT2D eigenvalue weighted by molar-refractivity contribution is 7.86. The van der Waals surface area contributed by atoms with Crippen molar-refractivity contribution in [3.8, 4) is 22.6 Å². The van der Waals surface area contributed by atoms with E-state index in [1.807, 2.05) is 24.3 Å². The van der Waals surface area contributed by atoms with E-state index in [0.717, 1.165) is 11.1 Å². The monoisotopic (exact) mass is 486 g/mol. The van der Waals surface area contributed by atoms with Gasteiger partial charge in [-0.2, -0.15) is 43.2 Å². The minimum atomic E-state index is -5.84. The molecule has 2 rings (SSSR count).